The summed E-state index contributed by atoms with van der Waals surface area (Å²) in [5.74, 6) is 0.651. The first kappa shape index (κ1) is 14.6. The molecule has 1 N–H and O–H groups in total. The fourth-order valence-electron chi connectivity index (χ4n) is 2.71. The quantitative estimate of drug-likeness (QED) is 0.943. The van der Waals surface area contributed by atoms with Gasteiger partial charge in [-0.15, -0.1) is 0 Å². The molecule has 1 aromatic carbocycles. The summed E-state index contributed by atoms with van der Waals surface area (Å²) < 4.78 is 0. The minimum atomic E-state index is 0.278. The van der Waals surface area contributed by atoms with Crippen LogP contribution in [-0.2, 0) is 0 Å². The van der Waals surface area contributed by atoms with Crippen molar-refractivity contribution in [1.82, 2.24) is 9.97 Å². The van der Waals surface area contributed by atoms with E-state index < -0.39 is 0 Å². The zero-order valence-corrected chi connectivity index (χ0v) is 12.8. The summed E-state index contributed by atoms with van der Waals surface area (Å²) in [6.07, 6.45) is 5.59. The SMILES string of the molecule is N#Cc1cc(Cl)cc(N2CCCC(Nc3ncccn3)C2)c1. The Morgan fingerprint density at radius 1 is 1.27 bits per heavy atom. The van der Waals surface area contributed by atoms with E-state index in [1.54, 1.807) is 24.5 Å². The lowest BCUT2D eigenvalue weighted by Crippen LogP contribution is -2.42. The highest BCUT2D eigenvalue weighted by Gasteiger charge is 2.21. The molecule has 0 amide bonds. The number of nitriles is 1. The molecule has 112 valence electrons. The van der Waals surface area contributed by atoms with Crippen LogP contribution >= 0.6 is 11.6 Å². The molecule has 1 aromatic heterocycles. The van der Waals surface area contributed by atoms with Crippen molar-refractivity contribution in [3.8, 4) is 6.07 Å². The number of aromatic nitrogens is 2. The van der Waals surface area contributed by atoms with E-state index in [0.29, 0.717) is 16.5 Å². The standard InChI is InChI=1S/C16H16ClN5/c17-13-7-12(10-18)8-15(9-13)22-6-1-3-14(11-22)21-16-19-4-2-5-20-16/h2,4-5,7-9,14H,1,3,6,11H2,(H,19,20,21). The van der Waals surface area contributed by atoms with Gasteiger partial charge in [0.1, 0.15) is 0 Å². The Balaban J connectivity index is 1.73. The third-order valence-corrected chi connectivity index (χ3v) is 3.92. The lowest BCUT2D eigenvalue weighted by atomic mass is 10.0. The second-order valence-corrected chi connectivity index (χ2v) is 5.75. The summed E-state index contributed by atoms with van der Waals surface area (Å²) in [6.45, 7) is 1.79. The Bertz CT molecular complexity index is 683. The minimum Gasteiger partial charge on any atom is -0.369 e. The van der Waals surface area contributed by atoms with Gasteiger partial charge in [0.05, 0.1) is 11.6 Å². The molecule has 22 heavy (non-hydrogen) atoms. The van der Waals surface area contributed by atoms with Crippen molar-refractivity contribution in [3.05, 3.63) is 47.2 Å². The van der Waals surface area contributed by atoms with Gasteiger partial charge >= 0.3 is 0 Å². The van der Waals surface area contributed by atoms with Crippen LogP contribution in [0.5, 0.6) is 0 Å². The van der Waals surface area contributed by atoms with Crippen molar-refractivity contribution in [2.24, 2.45) is 0 Å². The maximum absolute atomic E-state index is 9.08. The number of halogens is 1. The maximum atomic E-state index is 9.08. The molecule has 1 unspecified atom stereocenters. The first-order valence-electron chi connectivity index (χ1n) is 7.24. The Kier molecular flexibility index (Phi) is 4.40. The van der Waals surface area contributed by atoms with E-state index in [2.05, 4.69) is 26.3 Å². The van der Waals surface area contributed by atoms with E-state index in [9.17, 15) is 0 Å². The average molecular weight is 314 g/mol. The molecular weight excluding hydrogens is 298 g/mol. The van der Waals surface area contributed by atoms with Crippen molar-refractivity contribution in [1.29, 1.82) is 5.26 Å². The number of benzene rings is 1. The largest absolute Gasteiger partial charge is 0.369 e. The van der Waals surface area contributed by atoms with Crippen LogP contribution < -0.4 is 10.2 Å². The fourth-order valence-corrected chi connectivity index (χ4v) is 2.94. The van der Waals surface area contributed by atoms with E-state index in [4.69, 9.17) is 16.9 Å². The van der Waals surface area contributed by atoms with E-state index in [1.807, 2.05) is 12.1 Å². The van der Waals surface area contributed by atoms with Gasteiger partial charge in [-0.05, 0) is 37.1 Å². The van der Waals surface area contributed by atoms with Gasteiger partial charge in [-0.25, -0.2) is 9.97 Å². The predicted molar refractivity (Wildman–Crippen MR) is 87.1 cm³/mol. The molecular formula is C16H16ClN5. The number of anilines is 2. The van der Waals surface area contributed by atoms with Crippen LogP contribution in [0.3, 0.4) is 0 Å². The molecule has 6 heteroatoms. The monoisotopic (exact) mass is 313 g/mol. The Hall–Kier alpha value is -2.32. The van der Waals surface area contributed by atoms with E-state index >= 15 is 0 Å². The molecule has 1 fully saturated rings. The second-order valence-electron chi connectivity index (χ2n) is 5.31. The first-order valence-corrected chi connectivity index (χ1v) is 7.61. The summed E-state index contributed by atoms with van der Waals surface area (Å²) >= 11 is 6.10. The molecule has 0 spiro atoms. The molecule has 1 atom stereocenters. The van der Waals surface area contributed by atoms with Crippen LogP contribution in [0.25, 0.3) is 0 Å². The zero-order valence-electron chi connectivity index (χ0n) is 12.0. The van der Waals surface area contributed by atoms with Crippen molar-refractivity contribution in [2.75, 3.05) is 23.3 Å². The number of nitrogens with zero attached hydrogens (tertiary/aromatic N) is 4. The Morgan fingerprint density at radius 2 is 2.09 bits per heavy atom. The van der Waals surface area contributed by atoms with Crippen LogP contribution in [0.15, 0.2) is 36.7 Å². The predicted octanol–water partition coefficient (Wildman–Crippen LogP) is 3.08. The highest BCUT2D eigenvalue weighted by atomic mass is 35.5. The summed E-state index contributed by atoms with van der Waals surface area (Å²) in [5, 5.41) is 13.0. The van der Waals surface area contributed by atoms with Gasteiger partial charge in [-0.1, -0.05) is 11.6 Å². The van der Waals surface area contributed by atoms with Crippen molar-refractivity contribution in [2.45, 2.75) is 18.9 Å². The number of nitrogens with one attached hydrogen (secondary N) is 1. The molecule has 2 heterocycles. The van der Waals surface area contributed by atoms with E-state index in [1.165, 1.54) is 0 Å². The van der Waals surface area contributed by atoms with Crippen molar-refractivity contribution < 1.29 is 0 Å². The number of hydrogen-bond acceptors (Lipinski definition) is 5. The lowest BCUT2D eigenvalue weighted by Gasteiger charge is -2.35. The topological polar surface area (TPSA) is 64.8 Å². The first-order chi connectivity index (χ1) is 10.7. The molecule has 5 nitrogen and oxygen atoms in total. The molecule has 1 saturated heterocycles. The number of piperidine rings is 1. The maximum Gasteiger partial charge on any atom is 0.222 e. The van der Waals surface area contributed by atoms with Crippen LogP contribution in [0.4, 0.5) is 11.6 Å². The molecule has 0 radical (unpaired) electrons. The van der Waals surface area contributed by atoms with Gasteiger partial charge in [0.25, 0.3) is 0 Å². The molecule has 0 bridgehead atoms. The van der Waals surface area contributed by atoms with Gasteiger partial charge < -0.3 is 10.2 Å². The van der Waals surface area contributed by atoms with Crippen molar-refractivity contribution in [3.63, 3.8) is 0 Å². The highest BCUT2D eigenvalue weighted by Crippen LogP contribution is 2.25. The summed E-state index contributed by atoms with van der Waals surface area (Å²) in [7, 11) is 0. The molecule has 3 rings (SSSR count). The fraction of sp³-hybridized carbons (Fsp3) is 0.312. The Labute approximate surface area is 134 Å². The van der Waals surface area contributed by atoms with Crippen LogP contribution in [0.1, 0.15) is 18.4 Å². The smallest absolute Gasteiger partial charge is 0.222 e. The molecule has 1 aliphatic rings. The average Bonchev–Trinajstić information content (AvgIpc) is 2.55. The summed E-state index contributed by atoms with van der Waals surface area (Å²) in [4.78, 5) is 10.7. The van der Waals surface area contributed by atoms with Gasteiger partial charge in [-0.2, -0.15) is 5.26 Å². The molecule has 0 aliphatic carbocycles. The zero-order chi connectivity index (χ0) is 15.4. The van der Waals surface area contributed by atoms with Gasteiger partial charge in [0.2, 0.25) is 5.95 Å². The van der Waals surface area contributed by atoms with Gasteiger partial charge in [-0.3, -0.25) is 0 Å². The second kappa shape index (κ2) is 6.63. The van der Waals surface area contributed by atoms with Crippen molar-refractivity contribution >= 4 is 23.2 Å². The van der Waals surface area contributed by atoms with Gasteiger partial charge in [0.15, 0.2) is 0 Å². The molecule has 1 aliphatic heterocycles. The third kappa shape index (κ3) is 3.46. The Morgan fingerprint density at radius 3 is 2.86 bits per heavy atom. The minimum absolute atomic E-state index is 0.278. The summed E-state index contributed by atoms with van der Waals surface area (Å²) in [5.41, 5.74) is 1.58. The van der Waals surface area contributed by atoms with Crippen LogP contribution in [0.2, 0.25) is 5.02 Å². The lowest BCUT2D eigenvalue weighted by molar-refractivity contribution is 0.527. The van der Waals surface area contributed by atoms with Gasteiger partial charge in [0, 0.05) is 42.2 Å². The van der Waals surface area contributed by atoms with E-state index in [0.717, 1.165) is 31.6 Å². The molecule has 0 saturated carbocycles. The molecule has 2 aromatic rings. The third-order valence-electron chi connectivity index (χ3n) is 3.70. The number of hydrogen-bond donors (Lipinski definition) is 1. The number of rotatable bonds is 3. The van der Waals surface area contributed by atoms with Crippen LogP contribution in [0, 0.1) is 11.3 Å². The normalized spacial score (nSPS) is 17.8. The highest BCUT2D eigenvalue weighted by molar-refractivity contribution is 6.31. The van der Waals surface area contributed by atoms with Crippen LogP contribution in [-0.4, -0.2) is 29.1 Å². The summed E-state index contributed by atoms with van der Waals surface area (Å²) in [6, 6.07) is 9.70. The van der Waals surface area contributed by atoms with E-state index in [-0.39, 0.29) is 6.04 Å².